The van der Waals surface area contributed by atoms with E-state index in [1.165, 1.54) is 9.47 Å². The van der Waals surface area contributed by atoms with Crippen molar-refractivity contribution in [2.24, 2.45) is 0 Å². The number of nitrogens with zero attached hydrogens (tertiary/aromatic N) is 2. The minimum absolute atomic E-state index is 0.0484. The zero-order chi connectivity index (χ0) is 22.4. The lowest BCUT2D eigenvalue weighted by molar-refractivity contribution is -0.125. The number of hydrogen-bond acceptors (Lipinski definition) is 3. The van der Waals surface area contributed by atoms with Gasteiger partial charge in [-0.1, -0.05) is 48.7 Å². The molecule has 0 bridgehead atoms. The molecule has 2 aliphatic rings. The van der Waals surface area contributed by atoms with Gasteiger partial charge in [-0.05, 0) is 55.2 Å². The quantitative estimate of drug-likeness (QED) is 0.603. The number of carbonyl (C=O) groups excluding carboxylic acids is 3. The Morgan fingerprint density at radius 1 is 1.09 bits per heavy atom. The first-order valence-corrected chi connectivity index (χ1v) is 11.3. The highest BCUT2D eigenvalue weighted by atomic mass is 35.5. The van der Waals surface area contributed by atoms with Crippen LogP contribution in [0.5, 0.6) is 0 Å². The number of amides is 2. The van der Waals surface area contributed by atoms with E-state index >= 15 is 0 Å². The van der Waals surface area contributed by atoms with Crippen molar-refractivity contribution in [3.05, 3.63) is 70.4 Å². The third-order valence-electron chi connectivity index (χ3n) is 6.56. The molecule has 5 rings (SSSR count). The van der Waals surface area contributed by atoms with E-state index < -0.39 is 17.9 Å². The Kier molecular flexibility index (Phi) is 5.25. The Morgan fingerprint density at radius 3 is 2.59 bits per heavy atom. The molecule has 1 saturated carbocycles. The summed E-state index contributed by atoms with van der Waals surface area (Å²) < 4.78 is 1.38. The van der Waals surface area contributed by atoms with Crippen molar-refractivity contribution >= 4 is 40.2 Å². The van der Waals surface area contributed by atoms with E-state index in [4.69, 9.17) is 11.6 Å². The fourth-order valence-electron chi connectivity index (χ4n) is 4.84. The summed E-state index contributed by atoms with van der Waals surface area (Å²) in [4.78, 5) is 42.1. The summed E-state index contributed by atoms with van der Waals surface area (Å²) in [6.45, 7) is 2.14. The average Bonchev–Trinajstić information content (AvgIpc) is 3.40. The van der Waals surface area contributed by atoms with Gasteiger partial charge in [0.1, 0.15) is 5.69 Å². The van der Waals surface area contributed by atoms with Gasteiger partial charge in [0.15, 0.2) is 6.04 Å². The van der Waals surface area contributed by atoms with E-state index in [0.29, 0.717) is 15.9 Å². The van der Waals surface area contributed by atoms with Gasteiger partial charge < -0.3 is 10.2 Å². The third kappa shape index (κ3) is 3.48. The van der Waals surface area contributed by atoms with Gasteiger partial charge >= 0.3 is 0 Å². The molecule has 1 aliphatic carbocycles. The molecule has 2 amide bonds. The molecule has 2 aromatic carbocycles. The zero-order valence-corrected chi connectivity index (χ0v) is 18.6. The van der Waals surface area contributed by atoms with Crippen molar-refractivity contribution in [1.82, 2.24) is 14.8 Å². The zero-order valence-electron chi connectivity index (χ0n) is 17.8. The number of benzene rings is 2. The maximum absolute atomic E-state index is 13.7. The molecule has 2 heterocycles. The summed E-state index contributed by atoms with van der Waals surface area (Å²) >= 11 is 6.13. The predicted octanol–water partition coefficient (Wildman–Crippen LogP) is 4.33. The number of carbonyl (C=O) groups is 3. The Labute approximate surface area is 191 Å². The van der Waals surface area contributed by atoms with Crippen molar-refractivity contribution in [2.75, 3.05) is 0 Å². The maximum Gasteiger partial charge on any atom is 0.272 e. The fourth-order valence-corrected chi connectivity index (χ4v) is 5.02. The third-order valence-corrected chi connectivity index (χ3v) is 6.80. The second kappa shape index (κ2) is 8.10. The Balaban J connectivity index is 1.60. The lowest BCUT2D eigenvalue weighted by atomic mass is 10.0. The second-order valence-electron chi connectivity index (χ2n) is 8.66. The van der Waals surface area contributed by atoms with Crippen molar-refractivity contribution < 1.29 is 14.4 Å². The van der Waals surface area contributed by atoms with Crippen LogP contribution in [0.25, 0.3) is 10.9 Å². The van der Waals surface area contributed by atoms with Gasteiger partial charge in [-0.15, -0.1) is 0 Å². The van der Waals surface area contributed by atoms with E-state index in [0.717, 1.165) is 36.8 Å². The number of hydrogen-bond donors (Lipinski definition) is 1. The van der Waals surface area contributed by atoms with Crippen molar-refractivity contribution in [3.63, 3.8) is 0 Å². The first-order valence-electron chi connectivity index (χ1n) is 10.9. The van der Waals surface area contributed by atoms with Crippen molar-refractivity contribution in [1.29, 1.82) is 0 Å². The molecular weight excluding hydrogens is 426 g/mol. The summed E-state index contributed by atoms with van der Waals surface area (Å²) in [5.74, 6) is -1.17. The smallest absolute Gasteiger partial charge is 0.272 e. The van der Waals surface area contributed by atoms with Crippen LogP contribution in [-0.2, 0) is 11.3 Å². The van der Waals surface area contributed by atoms with Crippen molar-refractivity contribution in [2.45, 2.75) is 51.2 Å². The molecular formula is C25H24ClN3O3. The predicted molar refractivity (Wildman–Crippen MR) is 123 cm³/mol. The van der Waals surface area contributed by atoms with Crippen LogP contribution in [0.1, 0.15) is 52.1 Å². The van der Waals surface area contributed by atoms with E-state index in [1.807, 2.05) is 31.2 Å². The molecule has 0 saturated heterocycles. The topological polar surface area (TPSA) is 71.4 Å². The Morgan fingerprint density at radius 2 is 1.84 bits per heavy atom. The van der Waals surface area contributed by atoms with Crippen LogP contribution in [0, 0.1) is 6.92 Å². The summed E-state index contributed by atoms with van der Waals surface area (Å²) in [7, 11) is 0. The minimum Gasteiger partial charge on any atom is -0.351 e. The molecule has 3 aromatic rings. The van der Waals surface area contributed by atoms with Crippen LogP contribution in [-0.4, -0.2) is 39.3 Å². The maximum atomic E-state index is 13.7. The largest absolute Gasteiger partial charge is 0.351 e. The normalized spacial score (nSPS) is 18.9. The van der Waals surface area contributed by atoms with Gasteiger partial charge in [-0.25, -0.2) is 0 Å². The van der Waals surface area contributed by atoms with Crippen LogP contribution in [0.4, 0.5) is 0 Å². The number of aryl methyl sites for hydroxylation is 1. The standard InChI is InChI=1S/C25H24ClN3O3/c1-15-6-2-3-7-16(15)14-28-22(23(30)27-19-8-4-5-9-19)25(32)29-20-11-10-18(26)12-17(20)13-21(29)24(28)31/h2-3,6-7,10-13,19,22H,4-5,8-9,14H2,1H3,(H,27,30). The van der Waals surface area contributed by atoms with Gasteiger partial charge in [-0.2, -0.15) is 0 Å². The molecule has 0 radical (unpaired) electrons. The number of rotatable bonds is 4. The molecule has 1 aromatic heterocycles. The molecule has 1 unspecified atom stereocenters. The highest BCUT2D eigenvalue weighted by Crippen LogP contribution is 2.30. The molecule has 1 aliphatic heterocycles. The highest BCUT2D eigenvalue weighted by Gasteiger charge is 2.44. The SMILES string of the molecule is Cc1ccccc1CN1C(=O)c2cc3cc(Cl)ccc3n2C(=O)C1C(=O)NC1CCCC1. The average molecular weight is 450 g/mol. The van der Waals surface area contributed by atoms with E-state index in [-0.39, 0.29) is 24.2 Å². The van der Waals surface area contributed by atoms with Crippen molar-refractivity contribution in [3.8, 4) is 0 Å². The molecule has 1 fully saturated rings. The summed E-state index contributed by atoms with van der Waals surface area (Å²) in [5, 5.41) is 4.24. The molecule has 7 heteroatoms. The van der Waals surface area contributed by atoms with Crippen LogP contribution < -0.4 is 5.32 Å². The fraction of sp³-hybridized carbons (Fsp3) is 0.320. The summed E-state index contributed by atoms with van der Waals surface area (Å²) in [5.41, 5.74) is 2.74. The number of halogens is 1. The van der Waals surface area contributed by atoms with Crippen LogP contribution >= 0.6 is 11.6 Å². The molecule has 1 N–H and O–H groups in total. The Bertz CT molecular complexity index is 1240. The van der Waals surface area contributed by atoms with Gasteiger partial charge in [0.05, 0.1) is 5.52 Å². The number of aromatic nitrogens is 1. The van der Waals surface area contributed by atoms with Crippen LogP contribution in [0.3, 0.4) is 0 Å². The first kappa shape index (κ1) is 20.8. The second-order valence-corrected chi connectivity index (χ2v) is 9.09. The Hall–Kier alpha value is -3.12. The van der Waals surface area contributed by atoms with Gasteiger partial charge in [-0.3, -0.25) is 19.0 Å². The van der Waals surface area contributed by atoms with E-state index in [9.17, 15) is 14.4 Å². The molecule has 164 valence electrons. The van der Waals surface area contributed by atoms with E-state index in [2.05, 4.69) is 5.32 Å². The highest BCUT2D eigenvalue weighted by molar-refractivity contribution is 6.31. The number of fused-ring (bicyclic) bond motifs is 3. The van der Waals surface area contributed by atoms with Gasteiger partial charge in [0.25, 0.3) is 17.7 Å². The lowest BCUT2D eigenvalue weighted by Crippen LogP contribution is -2.59. The van der Waals surface area contributed by atoms with Gasteiger partial charge in [0.2, 0.25) is 0 Å². The van der Waals surface area contributed by atoms with E-state index in [1.54, 1.807) is 24.3 Å². The molecule has 32 heavy (non-hydrogen) atoms. The summed E-state index contributed by atoms with van der Waals surface area (Å²) in [6, 6.07) is 13.3. The first-order chi connectivity index (χ1) is 15.4. The molecule has 6 nitrogen and oxygen atoms in total. The molecule has 0 spiro atoms. The lowest BCUT2D eigenvalue weighted by Gasteiger charge is -2.35. The monoisotopic (exact) mass is 449 g/mol. The van der Waals surface area contributed by atoms with Gasteiger partial charge in [0, 0.05) is 23.0 Å². The van der Waals surface area contributed by atoms with Crippen LogP contribution in [0.2, 0.25) is 5.02 Å². The summed E-state index contributed by atoms with van der Waals surface area (Å²) in [6.07, 6.45) is 3.91. The number of nitrogens with one attached hydrogen (secondary N) is 1. The van der Waals surface area contributed by atoms with Crippen LogP contribution in [0.15, 0.2) is 48.5 Å². The molecule has 1 atom stereocenters. The minimum atomic E-state index is -1.22.